The van der Waals surface area contributed by atoms with Crippen molar-refractivity contribution in [3.05, 3.63) is 61.6 Å². The normalized spacial score (nSPS) is 10.3. The molecule has 2 aromatic rings. The third-order valence-electron chi connectivity index (χ3n) is 2.29. The van der Waals surface area contributed by atoms with Gasteiger partial charge in [0.2, 0.25) is 0 Å². The van der Waals surface area contributed by atoms with Crippen molar-refractivity contribution in [1.29, 1.82) is 0 Å². The molecule has 0 heterocycles. The van der Waals surface area contributed by atoms with Crippen molar-refractivity contribution in [1.82, 2.24) is 0 Å². The smallest absolute Gasteiger partial charge is 0.256 e. The summed E-state index contributed by atoms with van der Waals surface area (Å²) in [4.78, 5) is 12.0. The molecule has 0 aromatic heterocycles. The van der Waals surface area contributed by atoms with E-state index in [0.717, 1.165) is 26.2 Å². The fourth-order valence-corrected chi connectivity index (χ4v) is 2.44. The van der Waals surface area contributed by atoms with E-state index in [9.17, 15) is 13.6 Å². The van der Waals surface area contributed by atoms with Crippen LogP contribution in [0.4, 0.5) is 14.5 Å². The Morgan fingerprint density at radius 3 is 2.37 bits per heavy atom. The molecule has 0 unspecified atom stereocenters. The molecule has 0 saturated carbocycles. The lowest BCUT2D eigenvalue weighted by Gasteiger charge is -2.07. The Balaban J connectivity index is 2.28. The van der Waals surface area contributed by atoms with Crippen LogP contribution in [0.25, 0.3) is 0 Å². The molecule has 2 nitrogen and oxygen atoms in total. The fraction of sp³-hybridized carbons (Fsp3) is 0. The first-order chi connectivity index (χ1) is 8.95. The summed E-state index contributed by atoms with van der Waals surface area (Å²) >= 11 is 5.29. The number of nitrogens with one attached hydrogen (secondary N) is 1. The van der Waals surface area contributed by atoms with Gasteiger partial charge in [0.25, 0.3) is 5.91 Å². The van der Waals surface area contributed by atoms with E-state index in [1.54, 1.807) is 18.2 Å². The molecule has 0 saturated heterocycles. The lowest BCUT2D eigenvalue weighted by atomic mass is 10.2. The molecule has 2 rings (SSSR count). The van der Waals surface area contributed by atoms with E-state index in [2.05, 4.69) is 21.2 Å². The second-order valence-corrected chi connectivity index (χ2v) is 5.81. The Hall–Kier alpha value is -1.02. The van der Waals surface area contributed by atoms with Gasteiger partial charge in [-0.3, -0.25) is 4.79 Å². The van der Waals surface area contributed by atoms with Crippen LogP contribution < -0.4 is 5.32 Å². The minimum atomic E-state index is -0.737. The molecule has 2 aromatic carbocycles. The Labute approximate surface area is 130 Å². The van der Waals surface area contributed by atoms with Gasteiger partial charge in [-0.25, -0.2) is 8.78 Å². The summed E-state index contributed by atoms with van der Waals surface area (Å²) in [6.45, 7) is 0. The molecule has 0 spiro atoms. The zero-order valence-corrected chi connectivity index (χ0v) is 13.1. The van der Waals surface area contributed by atoms with Crippen molar-refractivity contribution < 1.29 is 13.6 Å². The molecule has 0 bridgehead atoms. The van der Waals surface area contributed by atoms with Gasteiger partial charge in [0.1, 0.15) is 11.6 Å². The first-order valence-corrected chi connectivity index (χ1v) is 7.05. The van der Waals surface area contributed by atoms with Crippen molar-refractivity contribution in [2.24, 2.45) is 0 Å². The van der Waals surface area contributed by atoms with Crippen LogP contribution in [-0.4, -0.2) is 5.91 Å². The van der Waals surface area contributed by atoms with Gasteiger partial charge in [-0.2, -0.15) is 0 Å². The highest BCUT2D eigenvalue weighted by Gasteiger charge is 2.11. The SMILES string of the molecule is O=C(Nc1cc(F)cc(F)c1)c1cc(Br)ccc1I. The Morgan fingerprint density at radius 1 is 1.11 bits per heavy atom. The summed E-state index contributed by atoms with van der Waals surface area (Å²) in [6.07, 6.45) is 0. The summed E-state index contributed by atoms with van der Waals surface area (Å²) in [6, 6.07) is 8.09. The van der Waals surface area contributed by atoms with Gasteiger partial charge in [0.05, 0.1) is 5.56 Å². The summed E-state index contributed by atoms with van der Waals surface area (Å²) in [5, 5.41) is 2.46. The average molecular weight is 438 g/mol. The lowest BCUT2D eigenvalue weighted by molar-refractivity contribution is 0.102. The molecule has 0 aliphatic rings. The number of benzene rings is 2. The van der Waals surface area contributed by atoms with E-state index in [-0.39, 0.29) is 5.69 Å². The van der Waals surface area contributed by atoms with Gasteiger partial charge in [0.15, 0.2) is 0 Å². The lowest BCUT2D eigenvalue weighted by Crippen LogP contribution is -2.13. The van der Waals surface area contributed by atoms with E-state index < -0.39 is 17.5 Å². The van der Waals surface area contributed by atoms with Crippen molar-refractivity contribution >= 4 is 50.1 Å². The highest BCUT2D eigenvalue weighted by molar-refractivity contribution is 14.1. The summed E-state index contributed by atoms with van der Waals surface area (Å²) in [5.41, 5.74) is 0.512. The Morgan fingerprint density at radius 2 is 1.74 bits per heavy atom. The van der Waals surface area contributed by atoms with Crippen LogP contribution >= 0.6 is 38.5 Å². The molecular formula is C13H7BrF2INO. The van der Waals surface area contributed by atoms with Gasteiger partial charge >= 0.3 is 0 Å². The number of rotatable bonds is 2. The maximum atomic E-state index is 13.0. The minimum Gasteiger partial charge on any atom is -0.322 e. The zero-order chi connectivity index (χ0) is 14.0. The number of carbonyl (C=O) groups excluding carboxylic acids is 1. The number of amides is 1. The van der Waals surface area contributed by atoms with Crippen LogP contribution in [-0.2, 0) is 0 Å². The predicted molar refractivity (Wildman–Crippen MR) is 81.2 cm³/mol. The highest BCUT2D eigenvalue weighted by atomic mass is 127. The topological polar surface area (TPSA) is 29.1 Å². The molecule has 6 heteroatoms. The van der Waals surface area contributed by atoms with Crippen molar-refractivity contribution in [2.75, 3.05) is 5.32 Å². The molecule has 1 N–H and O–H groups in total. The molecule has 0 fully saturated rings. The minimum absolute atomic E-state index is 0.0817. The summed E-state index contributed by atoms with van der Waals surface area (Å²) in [5.74, 6) is -1.89. The number of anilines is 1. The molecule has 19 heavy (non-hydrogen) atoms. The van der Waals surface area contributed by atoms with Crippen LogP contribution in [0.3, 0.4) is 0 Å². The summed E-state index contributed by atoms with van der Waals surface area (Å²) < 4.78 is 27.5. The molecule has 0 atom stereocenters. The maximum Gasteiger partial charge on any atom is 0.256 e. The number of halogens is 4. The third-order valence-corrected chi connectivity index (χ3v) is 3.73. The molecule has 98 valence electrons. The molecule has 0 aliphatic carbocycles. The first-order valence-electron chi connectivity index (χ1n) is 5.18. The molecular weight excluding hydrogens is 431 g/mol. The Bertz CT molecular complexity index is 628. The van der Waals surface area contributed by atoms with Crippen LogP contribution in [0, 0.1) is 15.2 Å². The van der Waals surface area contributed by atoms with E-state index in [1.807, 2.05) is 22.6 Å². The number of hydrogen-bond acceptors (Lipinski definition) is 1. The molecule has 0 radical (unpaired) electrons. The molecule has 0 aliphatic heterocycles. The van der Waals surface area contributed by atoms with Crippen LogP contribution in [0.1, 0.15) is 10.4 Å². The van der Waals surface area contributed by atoms with E-state index in [4.69, 9.17) is 0 Å². The Kier molecular flexibility index (Phi) is 4.51. The van der Waals surface area contributed by atoms with Crippen molar-refractivity contribution in [3.8, 4) is 0 Å². The first kappa shape index (κ1) is 14.4. The monoisotopic (exact) mass is 437 g/mol. The van der Waals surface area contributed by atoms with Crippen LogP contribution in [0.5, 0.6) is 0 Å². The third kappa shape index (κ3) is 3.73. The number of carbonyl (C=O) groups is 1. The average Bonchev–Trinajstić information content (AvgIpc) is 2.30. The summed E-state index contributed by atoms with van der Waals surface area (Å²) in [7, 11) is 0. The quantitative estimate of drug-likeness (QED) is 0.684. The largest absolute Gasteiger partial charge is 0.322 e. The van der Waals surface area contributed by atoms with E-state index in [1.165, 1.54) is 0 Å². The molecule has 1 amide bonds. The second-order valence-electron chi connectivity index (χ2n) is 3.74. The number of hydrogen-bond donors (Lipinski definition) is 1. The van der Waals surface area contributed by atoms with Crippen molar-refractivity contribution in [2.45, 2.75) is 0 Å². The predicted octanol–water partition coefficient (Wildman–Crippen LogP) is 4.58. The standard InChI is InChI=1S/C13H7BrF2INO/c14-7-1-2-12(17)11(3-7)13(19)18-10-5-8(15)4-9(16)6-10/h1-6H,(H,18,19). The maximum absolute atomic E-state index is 13.0. The van der Waals surface area contributed by atoms with Crippen LogP contribution in [0.2, 0.25) is 0 Å². The van der Waals surface area contributed by atoms with Gasteiger partial charge < -0.3 is 5.32 Å². The van der Waals surface area contributed by atoms with E-state index >= 15 is 0 Å². The van der Waals surface area contributed by atoms with Gasteiger partial charge in [-0.05, 0) is 52.9 Å². The van der Waals surface area contributed by atoms with Gasteiger partial charge in [-0.15, -0.1) is 0 Å². The zero-order valence-electron chi connectivity index (χ0n) is 9.38. The van der Waals surface area contributed by atoms with Crippen LogP contribution in [0.15, 0.2) is 40.9 Å². The van der Waals surface area contributed by atoms with Crippen molar-refractivity contribution in [3.63, 3.8) is 0 Å². The van der Waals surface area contributed by atoms with Gasteiger partial charge in [-0.1, -0.05) is 15.9 Å². The second kappa shape index (κ2) is 5.96. The highest BCUT2D eigenvalue weighted by Crippen LogP contribution is 2.20. The fourth-order valence-electron chi connectivity index (χ4n) is 1.50. The van der Waals surface area contributed by atoms with E-state index in [0.29, 0.717) is 5.56 Å². The van der Waals surface area contributed by atoms with Gasteiger partial charge in [0, 0.05) is 19.8 Å².